The lowest BCUT2D eigenvalue weighted by Gasteiger charge is -2.27. The molecule has 2 N–H and O–H groups in total. The van der Waals surface area contributed by atoms with E-state index in [9.17, 15) is 14.3 Å². The topological polar surface area (TPSA) is 58.6 Å². The van der Waals surface area contributed by atoms with E-state index in [1.165, 1.54) is 19.2 Å². The van der Waals surface area contributed by atoms with Crippen molar-refractivity contribution >= 4 is 5.91 Å². The monoisotopic (exact) mass is 295 g/mol. The van der Waals surface area contributed by atoms with E-state index in [0.717, 1.165) is 25.7 Å². The minimum Gasteiger partial charge on any atom is -0.496 e. The number of aliphatic hydroxyl groups is 1. The molecule has 116 valence electrons. The Morgan fingerprint density at radius 1 is 1.33 bits per heavy atom. The van der Waals surface area contributed by atoms with Gasteiger partial charge in [0.05, 0.1) is 12.7 Å². The van der Waals surface area contributed by atoms with Gasteiger partial charge in [-0.05, 0) is 25.0 Å². The normalized spacial score (nSPS) is 17.9. The molecule has 1 aliphatic carbocycles. The second kappa shape index (κ2) is 6.89. The molecule has 2 rings (SSSR count). The first-order chi connectivity index (χ1) is 10.1. The van der Waals surface area contributed by atoms with Crippen LogP contribution in [0.3, 0.4) is 0 Å². The lowest BCUT2D eigenvalue weighted by molar-refractivity contribution is 0.0245. The molecule has 1 amide bonds. The highest BCUT2D eigenvalue weighted by molar-refractivity contribution is 5.97. The van der Waals surface area contributed by atoms with Crippen LogP contribution < -0.4 is 10.1 Å². The van der Waals surface area contributed by atoms with Crippen LogP contribution in [-0.4, -0.2) is 30.3 Å². The number of benzene rings is 1. The molecule has 1 saturated carbocycles. The molecule has 0 spiro atoms. The van der Waals surface area contributed by atoms with E-state index in [4.69, 9.17) is 4.74 Å². The number of nitrogens with one attached hydrogen (secondary N) is 1. The van der Waals surface area contributed by atoms with Gasteiger partial charge in [-0.25, -0.2) is 4.39 Å². The summed E-state index contributed by atoms with van der Waals surface area (Å²) in [5, 5.41) is 13.1. The number of methoxy groups -OCH3 is 1. The van der Waals surface area contributed by atoms with Gasteiger partial charge in [0.2, 0.25) is 0 Å². The minimum absolute atomic E-state index is 0.114. The maximum Gasteiger partial charge on any atom is 0.258 e. The summed E-state index contributed by atoms with van der Waals surface area (Å²) < 4.78 is 18.8. The fraction of sp³-hybridized carbons (Fsp3) is 0.562. The van der Waals surface area contributed by atoms with Gasteiger partial charge in [0.1, 0.15) is 17.1 Å². The molecule has 0 heterocycles. The SMILES string of the molecule is COc1cccc(F)c1C(=O)NCC1(O)CCCCCC1. The molecule has 1 fully saturated rings. The highest BCUT2D eigenvalue weighted by atomic mass is 19.1. The number of carbonyl (C=O) groups is 1. The van der Waals surface area contributed by atoms with E-state index in [-0.39, 0.29) is 17.9 Å². The maximum absolute atomic E-state index is 13.8. The summed E-state index contributed by atoms with van der Waals surface area (Å²) in [7, 11) is 1.39. The molecule has 0 aliphatic heterocycles. The van der Waals surface area contributed by atoms with Crippen molar-refractivity contribution in [1.82, 2.24) is 5.32 Å². The van der Waals surface area contributed by atoms with Gasteiger partial charge < -0.3 is 15.2 Å². The highest BCUT2D eigenvalue weighted by Crippen LogP contribution is 2.27. The van der Waals surface area contributed by atoms with Crippen LogP contribution in [0, 0.1) is 5.82 Å². The number of ether oxygens (including phenoxy) is 1. The van der Waals surface area contributed by atoms with Crippen molar-refractivity contribution in [3.8, 4) is 5.75 Å². The quantitative estimate of drug-likeness (QED) is 0.840. The average molecular weight is 295 g/mol. The molecule has 0 unspecified atom stereocenters. The van der Waals surface area contributed by atoms with Gasteiger partial charge in [0.15, 0.2) is 0 Å². The van der Waals surface area contributed by atoms with Gasteiger partial charge in [-0.3, -0.25) is 4.79 Å². The predicted octanol–water partition coefficient (Wildman–Crippen LogP) is 2.65. The number of rotatable bonds is 4. The Kier molecular flexibility index (Phi) is 5.17. The van der Waals surface area contributed by atoms with Crippen molar-refractivity contribution in [2.75, 3.05) is 13.7 Å². The zero-order chi connectivity index (χ0) is 15.3. The van der Waals surface area contributed by atoms with E-state index < -0.39 is 17.3 Å². The first-order valence-corrected chi connectivity index (χ1v) is 7.39. The van der Waals surface area contributed by atoms with Crippen LogP contribution in [0.4, 0.5) is 4.39 Å². The molecule has 1 aliphatic rings. The summed E-state index contributed by atoms with van der Waals surface area (Å²) in [6.07, 6.45) is 5.46. The van der Waals surface area contributed by atoms with Gasteiger partial charge in [-0.1, -0.05) is 31.7 Å². The van der Waals surface area contributed by atoms with Crippen molar-refractivity contribution in [2.45, 2.75) is 44.1 Å². The molecule has 0 bridgehead atoms. The molecule has 1 aromatic rings. The first kappa shape index (κ1) is 15.8. The van der Waals surface area contributed by atoms with Crippen molar-refractivity contribution in [1.29, 1.82) is 0 Å². The number of hydrogen-bond acceptors (Lipinski definition) is 3. The van der Waals surface area contributed by atoms with E-state index in [1.54, 1.807) is 6.07 Å². The fourth-order valence-electron chi connectivity index (χ4n) is 2.79. The predicted molar refractivity (Wildman–Crippen MR) is 77.9 cm³/mol. The van der Waals surface area contributed by atoms with Crippen molar-refractivity contribution in [3.05, 3.63) is 29.6 Å². The van der Waals surface area contributed by atoms with Crippen LogP contribution in [0.15, 0.2) is 18.2 Å². The lowest BCUT2D eigenvalue weighted by atomic mass is 9.94. The van der Waals surface area contributed by atoms with Crippen LogP contribution in [0.5, 0.6) is 5.75 Å². The summed E-state index contributed by atoms with van der Waals surface area (Å²) >= 11 is 0. The minimum atomic E-state index is -0.884. The Bertz CT molecular complexity index is 496. The number of amides is 1. The zero-order valence-electron chi connectivity index (χ0n) is 12.3. The second-order valence-electron chi connectivity index (χ2n) is 5.64. The number of hydrogen-bond donors (Lipinski definition) is 2. The summed E-state index contributed by atoms with van der Waals surface area (Å²) in [5.41, 5.74) is -0.998. The summed E-state index contributed by atoms with van der Waals surface area (Å²) in [5.74, 6) is -0.984. The smallest absolute Gasteiger partial charge is 0.258 e. The Hall–Kier alpha value is -1.62. The molecule has 1 aromatic carbocycles. The largest absolute Gasteiger partial charge is 0.496 e. The van der Waals surface area contributed by atoms with Gasteiger partial charge in [0.25, 0.3) is 5.91 Å². The van der Waals surface area contributed by atoms with Gasteiger partial charge in [-0.15, -0.1) is 0 Å². The summed E-state index contributed by atoms with van der Waals surface area (Å²) in [6, 6.07) is 4.25. The molecule has 0 atom stereocenters. The van der Waals surface area contributed by atoms with Crippen LogP contribution in [0.2, 0.25) is 0 Å². The Morgan fingerprint density at radius 3 is 2.62 bits per heavy atom. The fourth-order valence-corrected chi connectivity index (χ4v) is 2.79. The van der Waals surface area contributed by atoms with E-state index >= 15 is 0 Å². The number of carbonyl (C=O) groups excluding carboxylic acids is 1. The molecule has 0 saturated heterocycles. The molecule has 0 aromatic heterocycles. The molecular weight excluding hydrogens is 273 g/mol. The third-order valence-electron chi connectivity index (χ3n) is 4.03. The second-order valence-corrected chi connectivity index (χ2v) is 5.64. The molecule has 21 heavy (non-hydrogen) atoms. The molecular formula is C16H22FNO3. The molecule has 4 nitrogen and oxygen atoms in total. The van der Waals surface area contributed by atoms with Gasteiger partial charge in [-0.2, -0.15) is 0 Å². The number of halogens is 1. The summed E-state index contributed by atoms with van der Waals surface area (Å²) in [6.45, 7) is 0.142. The van der Waals surface area contributed by atoms with Crippen LogP contribution in [0.25, 0.3) is 0 Å². The first-order valence-electron chi connectivity index (χ1n) is 7.39. The standard InChI is InChI=1S/C16H22FNO3/c1-21-13-8-6-7-12(17)14(13)15(19)18-11-16(20)9-4-2-3-5-10-16/h6-8,20H,2-5,9-11H2,1H3,(H,18,19). The van der Waals surface area contributed by atoms with E-state index in [1.807, 2.05) is 0 Å². The van der Waals surface area contributed by atoms with Gasteiger partial charge >= 0.3 is 0 Å². The molecule has 0 radical (unpaired) electrons. The lowest BCUT2D eigenvalue weighted by Crippen LogP contribution is -2.42. The third kappa shape index (κ3) is 3.94. The summed E-state index contributed by atoms with van der Waals surface area (Å²) in [4.78, 5) is 12.2. The Morgan fingerprint density at radius 2 is 2.00 bits per heavy atom. The third-order valence-corrected chi connectivity index (χ3v) is 4.03. The van der Waals surface area contributed by atoms with Crippen LogP contribution >= 0.6 is 0 Å². The van der Waals surface area contributed by atoms with E-state index in [0.29, 0.717) is 12.8 Å². The highest BCUT2D eigenvalue weighted by Gasteiger charge is 2.29. The van der Waals surface area contributed by atoms with Crippen molar-refractivity contribution < 1.29 is 19.0 Å². The average Bonchev–Trinajstić information content (AvgIpc) is 2.70. The Balaban J connectivity index is 2.05. The van der Waals surface area contributed by atoms with Crippen molar-refractivity contribution in [2.24, 2.45) is 0 Å². The van der Waals surface area contributed by atoms with E-state index in [2.05, 4.69) is 5.32 Å². The van der Waals surface area contributed by atoms with Gasteiger partial charge in [0, 0.05) is 6.54 Å². The zero-order valence-corrected chi connectivity index (χ0v) is 12.3. The van der Waals surface area contributed by atoms with Crippen LogP contribution in [-0.2, 0) is 0 Å². The Labute approximate surface area is 124 Å². The molecule has 5 heteroatoms. The van der Waals surface area contributed by atoms with Crippen LogP contribution in [0.1, 0.15) is 48.9 Å². The van der Waals surface area contributed by atoms with Crippen molar-refractivity contribution in [3.63, 3.8) is 0 Å². The maximum atomic E-state index is 13.8.